The minimum Gasteiger partial charge on any atom is -0.261 e. The van der Waals surface area contributed by atoms with Crippen LogP contribution < -0.4 is 0 Å². The van der Waals surface area contributed by atoms with Gasteiger partial charge in [0.05, 0.1) is 0 Å². The Bertz CT molecular complexity index is 304. The van der Waals surface area contributed by atoms with Crippen molar-refractivity contribution in [3.63, 3.8) is 0 Å². The average molecular weight is 296 g/mol. The van der Waals surface area contributed by atoms with Gasteiger partial charge in [0.15, 0.2) is 0 Å². The fourth-order valence-corrected chi connectivity index (χ4v) is 3.65. The van der Waals surface area contributed by atoms with E-state index in [4.69, 9.17) is 0 Å². The third kappa shape index (κ3) is 4.79. The van der Waals surface area contributed by atoms with Crippen LogP contribution in [0.2, 0.25) is 0 Å². The van der Waals surface area contributed by atoms with Gasteiger partial charge >= 0.3 is 0 Å². The Morgan fingerprint density at radius 3 is 2.59 bits per heavy atom. The molecule has 2 heteroatoms. The zero-order valence-electron chi connectivity index (χ0n) is 10.4. The molecule has 1 aromatic heterocycles. The summed E-state index contributed by atoms with van der Waals surface area (Å²) >= 11 is 3.84. The van der Waals surface area contributed by atoms with E-state index >= 15 is 0 Å². The van der Waals surface area contributed by atoms with Gasteiger partial charge in [-0.15, -0.1) is 0 Å². The molecule has 0 bridgehead atoms. The largest absolute Gasteiger partial charge is 0.261 e. The van der Waals surface area contributed by atoms with E-state index in [-0.39, 0.29) is 0 Å². The lowest BCUT2D eigenvalue weighted by Gasteiger charge is -2.17. The van der Waals surface area contributed by atoms with E-state index in [0.717, 1.165) is 12.3 Å². The summed E-state index contributed by atoms with van der Waals surface area (Å²) in [6.07, 6.45) is 12.9. The SMILES string of the molecule is BrC(Cc1ccccn1)CC1CCCCCC1. The molecule has 1 aliphatic rings. The summed E-state index contributed by atoms with van der Waals surface area (Å²) in [5.74, 6) is 0.936. The highest BCUT2D eigenvalue weighted by Gasteiger charge is 2.16. The Balaban J connectivity index is 1.78. The molecular weight excluding hydrogens is 274 g/mol. The molecule has 0 aromatic carbocycles. The summed E-state index contributed by atoms with van der Waals surface area (Å²) in [6, 6.07) is 6.19. The first-order valence-corrected chi connectivity index (χ1v) is 7.80. The molecule has 1 nitrogen and oxygen atoms in total. The van der Waals surface area contributed by atoms with Crippen molar-refractivity contribution in [1.82, 2.24) is 4.98 Å². The summed E-state index contributed by atoms with van der Waals surface area (Å²) in [5, 5.41) is 0. The molecule has 0 saturated heterocycles. The van der Waals surface area contributed by atoms with E-state index in [1.54, 1.807) is 0 Å². The molecule has 0 N–H and O–H groups in total. The third-order valence-electron chi connectivity index (χ3n) is 3.72. The summed E-state index contributed by atoms with van der Waals surface area (Å²) in [6.45, 7) is 0. The molecule has 0 amide bonds. The molecule has 17 heavy (non-hydrogen) atoms. The topological polar surface area (TPSA) is 12.9 Å². The molecule has 0 radical (unpaired) electrons. The predicted molar refractivity (Wildman–Crippen MR) is 76.5 cm³/mol. The number of halogens is 1. The highest BCUT2D eigenvalue weighted by molar-refractivity contribution is 9.09. The van der Waals surface area contributed by atoms with Crippen LogP contribution in [0.15, 0.2) is 24.4 Å². The number of pyridine rings is 1. The van der Waals surface area contributed by atoms with Crippen LogP contribution in [0.4, 0.5) is 0 Å². The number of nitrogens with zero attached hydrogens (tertiary/aromatic N) is 1. The molecule has 0 aliphatic heterocycles. The normalized spacial score (nSPS) is 19.8. The van der Waals surface area contributed by atoms with Crippen LogP contribution in [-0.4, -0.2) is 9.81 Å². The van der Waals surface area contributed by atoms with Gasteiger partial charge in [-0.3, -0.25) is 4.98 Å². The summed E-state index contributed by atoms with van der Waals surface area (Å²) in [4.78, 5) is 5.00. The molecule has 1 heterocycles. The van der Waals surface area contributed by atoms with E-state index in [9.17, 15) is 0 Å². The first-order valence-electron chi connectivity index (χ1n) is 6.88. The summed E-state index contributed by atoms with van der Waals surface area (Å²) in [5.41, 5.74) is 1.21. The van der Waals surface area contributed by atoms with Crippen molar-refractivity contribution in [1.29, 1.82) is 0 Å². The fourth-order valence-electron chi connectivity index (χ4n) is 2.79. The molecule has 0 spiro atoms. The fraction of sp³-hybridized carbons (Fsp3) is 0.667. The van der Waals surface area contributed by atoms with E-state index in [1.165, 1.54) is 50.6 Å². The van der Waals surface area contributed by atoms with Gasteiger partial charge in [-0.1, -0.05) is 60.5 Å². The minimum atomic E-state index is 0.598. The van der Waals surface area contributed by atoms with Crippen LogP contribution in [0, 0.1) is 5.92 Å². The summed E-state index contributed by atoms with van der Waals surface area (Å²) in [7, 11) is 0. The van der Waals surface area contributed by atoms with Crippen LogP contribution in [0.25, 0.3) is 0 Å². The molecule has 1 atom stereocenters. The van der Waals surface area contributed by atoms with Crippen molar-refractivity contribution in [2.24, 2.45) is 5.92 Å². The van der Waals surface area contributed by atoms with Gasteiger partial charge in [0.25, 0.3) is 0 Å². The number of rotatable bonds is 4. The van der Waals surface area contributed by atoms with E-state index in [2.05, 4.69) is 33.0 Å². The zero-order valence-corrected chi connectivity index (χ0v) is 12.0. The zero-order chi connectivity index (χ0) is 11.9. The predicted octanol–water partition coefficient (Wildman–Crippen LogP) is 4.75. The van der Waals surface area contributed by atoms with Crippen LogP contribution in [-0.2, 0) is 6.42 Å². The van der Waals surface area contributed by atoms with Crippen molar-refractivity contribution in [2.45, 2.75) is 56.2 Å². The Kier molecular flexibility index (Phi) is 5.50. The van der Waals surface area contributed by atoms with E-state index in [1.807, 2.05) is 12.3 Å². The maximum absolute atomic E-state index is 4.40. The van der Waals surface area contributed by atoms with Gasteiger partial charge in [0.1, 0.15) is 0 Å². The van der Waals surface area contributed by atoms with E-state index in [0.29, 0.717) is 4.83 Å². The Morgan fingerprint density at radius 2 is 1.94 bits per heavy atom. The molecular formula is C15H22BrN. The Hall–Kier alpha value is -0.370. The van der Waals surface area contributed by atoms with Crippen molar-refractivity contribution < 1.29 is 0 Å². The molecule has 94 valence electrons. The van der Waals surface area contributed by atoms with Crippen molar-refractivity contribution in [3.05, 3.63) is 30.1 Å². The monoisotopic (exact) mass is 295 g/mol. The van der Waals surface area contributed by atoms with Gasteiger partial charge in [0, 0.05) is 23.1 Å². The molecule has 1 aliphatic carbocycles. The second-order valence-electron chi connectivity index (χ2n) is 5.22. The van der Waals surface area contributed by atoms with Gasteiger partial charge in [0.2, 0.25) is 0 Å². The van der Waals surface area contributed by atoms with Crippen LogP contribution >= 0.6 is 15.9 Å². The third-order valence-corrected chi connectivity index (χ3v) is 4.42. The number of alkyl halides is 1. The Labute approximate surface area is 113 Å². The van der Waals surface area contributed by atoms with Crippen LogP contribution in [0.5, 0.6) is 0 Å². The smallest absolute Gasteiger partial charge is 0.0414 e. The minimum absolute atomic E-state index is 0.598. The van der Waals surface area contributed by atoms with Gasteiger partial charge in [-0.25, -0.2) is 0 Å². The standard InChI is InChI=1S/C15H22BrN/c16-14(12-15-9-5-6-10-17-15)11-13-7-3-1-2-4-8-13/h5-6,9-10,13-14H,1-4,7-8,11-12H2. The van der Waals surface area contributed by atoms with Crippen molar-refractivity contribution >= 4 is 15.9 Å². The highest BCUT2D eigenvalue weighted by atomic mass is 79.9. The molecule has 2 rings (SSSR count). The molecule has 1 unspecified atom stereocenters. The van der Waals surface area contributed by atoms with Gasteiger partial charge < -0.3 is 0 Å². The first kappa shape index (κ1) is 13.1. The number of hydrogen-bond donors (Lipinski definition) is 0. The maximum atomic E-state index is 4.40. The van der Waals surface area contributed by atoms with Gasteiger partial charge in [-0.2, -0.15) is 0 Å². The van der Waals surface area contributed by atoms with E-state index < -0.39 is 0 Å². The van der Waals surface area contributed by atoms with Crippen molar-refractivity contribution in [3.8, 4) is 0 Å². The quantitative estimate of drug-likeness (QED) is 0.577. The molecule has 1 fully saturated rings. The lowest BCUT2D eigenvalue weighted by Crippen LogP contribution is -2.11. The molecule has 1 saturated carbocycles. The maximum Gasteiger partial charge on any atom is 0.0414 e. The number of hydrogen-bond acceptors (Lipinski definition) is 1. The first-order chi connectivity index (χ1) is 8.34. The molecule has 1 aromatic rings. The van der Waals surface area contributed by atoms with Crippen LogP contribution in [0.1, 0.15) is 50.6 Å². The van der Waals surface area contributed by atoms with Crippen molar-refractivity contribution in [2.75, 3.05) is 0 Å². The second kappa shape index (κ2) is 7.15. The lowest BCUT2D eigenvalue weighted by atomic mass is 9.94. The Morgan fingerprint density at radius 1 is 1.18 bits per heavy atom. The highest BCUT2D eigenvalue weighted by Crippen LogP contribution is 2.29. The summed E-state index contributed by atoms with van der Waals surface area (Å²) < 4.78 is 0. The second-order valence-corrected chi connectivity index (χ2v) is 6.51. The number of aromatic nitrogens is 1. The van der Waals surface area contributed by atoms with Gasteiger partial charge in [-0.05, 0) is 24.5 Å². The average Bonchev–Trinajstić information content (AvgIpc) is 2.59. The lowest BCUT2D eigenvalue weighted by molar-refractivity contribution is 0.423. The van der Waals surface area contributed by atoms with Crippen LogP contribution in [0.3, 0.4) is 0 Å².